The second kappa shape index (κ2) is 4.07. The molecule has 0 amide bonds. The van der Waals surface area contributed by atoms with Gasteiger partial charge in [0, 0.05) is 25.4 Å². The summed E-state index contributed by atoms with van der Waals surface area (Å²) in [5, 5.41) is 1.01. The zero-order valence-corrected chi connectivity index (χ0v) is 8.30. The molecule has 0 N–H and O–H groups in total. The molecule has 0 atom stereocenters. The monoisotopic (exact) mass is 189 g/mol. The van der Waals surface area contributed by atoms with Crippen LogP contribution in [0.5, 0.6) is 0 Å². The molecule has 0 aromatic carbocycles. The van der Waals surface area contributed by atoms with Crippen molar-refractivity contribution in [3.05, 3.63) is 11.1 Å². The van der Waals surface area contributed by atoms with Gasteiger partial charge in [-0.15, -0.1) is 23.5 Å². The van der Waals surface area contributed by atoms with Crippen LogP contribution in [0.25, 0.3) is 0 Å². The molecule has 1 fully saturated rings. The van der Waals surface area contributed by atoms with E-state index in [-0.39, 0.29) is 5.78 Å². The van der Waals surface area contributed by atoms with Gasteiger partial charge in [-0.25, -0.2) is 0 Å². The van der Waals surface area contributed by atoms with Gasteiger partial charge in [-0.2, -0.15) is 0 Å². The van der Waals surface area contributed by atoms with Crippen LogP contribution in [0.2, 0.25) is 0 Å². The van der Waals surface area contributed by atoms with Crippen LogP contribution in [0.3, 0.4) is 0 Å². The van der Waals surface area contributed by atoms with Crippen LogP contribution in [0, 0.1) is 0 Å². The van der Waals surface area contributed by atoms with E-state index in [4.69, 9.17) is 0 Å². The van der Waals surface area contributed by atoms with Crippen molar-refractivity contribution in [3.63, 3.8) is 0 Å². The minimum absolute atomic E-state index is 0.264. The average molecular weight is 189 g/mol. The fraction of sp³-hybridized carbons (Fsp3) is 0.571. The maximum absolute atomic E-state index is 11.2. The molecule has 1 aliphatic heterocycles. The van der Waals surface area contributed by atoms with Gasteiger partial charge in [0.1, 0.15) is 0 Å². The van der Waals surface area contributed by atoms with Gasteiger partial charge in [0.05, 0.1) is 10.7 Å². The highest BCUT2D eigenvalue weighted by molar-refractivity contribution is 8.19. The van der Waals surface area contributed by atoms with Crippen molar-refractivity contribution in [3.8, 4) is 0 Å². The summed E-state index contributed by atoms with van der Waals surface area (Å²) in [5.74, 6) is 0.909. The third-order valence-electron chi connectivity index (χ3n) is 1.18. The summed E-state index contributed by atoms with van der Waals surface area (Å²) < 4.78 is 0. The van der Waals surface area contributed by atoms with E-state index in [2.05, 4.69) is 0 Å². The van der Waals surface area contributed by atoms with Crippen LogP contribution in [0.1, 0.15) is 0 Å². The number of nitrogens with zero attached hydrogens (tertiary/aromatic N) is 1. The second-order valence-electron chi connectivity index (χ2n) is 2.49. The lowest BCUT2D eigenvalue weighted by atomic mass is 10.4. The van der Waals surface area contributed by atoms with E-state index >= 15 is 0 Å². The molecule has 4 heteroatoms. The van der Waals surface area contributed by atoms with Crippen LogP contribution >= 0.6 is 23.5 Å². The number of hydrogen-bond acceptors (Lipinski definition) is 4. The molecule has 62 valence electrons. The van der Waals surface area contributed by atoms with Gasteiger partial charge in [0.25, 0.3) is 0 Å². The number of allylic oxidation sites excluding steroid dienone is 1. The maximum atomic E-state index is 11.2. The van der Waals surface area contributed by atoms with Crippen molar-refractivity contribution in [2.75, 3.05) is 24.9 Å². The van der Waals surface area contributed by atoms with Gasteiger partial charge >= 0.3 is 0 Å². The molecule has 1 saturated heterocycles. The van der Waals surface area contributed by atoms with Crippen molar-refractivity contribution in [1.82, 2.24) is 4.90 Å². The summed E-state index contributed by atoms with van der Waals surface area (Å²) in [6, 6.07) is 0. The van der Waals surface area contributed by atoms with Gasteiger partial charge in [-0.1, -0.05) is 0 Å². The third-order valence-corrected chi connectivity index (χ3v) is 3.43. The Hall–Kier alpha value is -0.0900. The minimum atomic E-state index is 0.264. The lowest BCUT2D eigenvalue weighted by Crippen LogP contribution is -2.12. The lowest BCUT2D eigenvalue weighted by Gasteiger charge is -2.14. The van der Waals surface area contributed by atoms with Gasteiger partial charge in [0.2, 0.25) is 0 Å². The average Bonchev–Trinajstić information content (AvgIpc) is 1.93. The van der Waals surface area contributed by atoms with Gasteiger partial charge in [0.15, 0.2) is 5.78 Å². The van der Waals surface area contributed by atoms with E-state index in [9.17, 15) is 4.79 Å². The maximum Gasteiger partial charge on any atom is 0.180 e. The number of hydrogen-bond donors (Lipinski definition) is 0. The van der Waals surface area contributed by atoms with Gasteiger partial charge < -0.3 is 4.90 Å². The molecular formula is C7H11NOS2. The van der Waals surface area contributed by atoms with Crippen molar-refractivity contribution in [2.24, 2.45) is 0 Å². The Kier molecular flexibility index (Phi) is 3.33. The number of Topliss-reactive ketones (excluding diaryl/α,β-unsaturated/α-hetero) is 1. The number of carbonyl (C=O) groups is 1. The molecule has 0 aliphatic carbocycles. The zero-order valence-electron chi connectivity index (χ0n) is 6.66. The van der Waals surface area contributed by atoms with E-state index < -0.39 is 0 Å². The Morgan fingerprint density at radius 2 is 2.27 bits per heavy atom. The van der Waals surface area contributed by atoms with Crippen molar-refractivity contribution in [2.45, 2.75) is 0 Å². The third kappa shape index (κ3) is 2.79. The Bertz CT molecular complexity index is 189. The Labute approximate surface area is 75.4 Å². The van der Waals surface area contributed by atoms with E-state index in [0.717, 1.165) is 9.99 Å². The summed E-state index contributed by atoms with van der Waals surface area (Å²) >= 11 is 3.32. The van der Waals surface area contributed by atoms with Crippen LogP contribution < -0.4 is 0 Å². The first-order valence-corrected chi connectivity index (χ1v) is 5.46. The topological polar surface area (TPSA) is 20.3 Å². The van der Waals surface area contributed by atoms with Gasteiger partial charge in [-0.05, 0) is 0 Å². The molecule has 0 spiro atoms. The van der Waals surface area contributed by atoms with E-state index in [1.807, 2.05) is 25.2 Å². The molecule has 0 unspecified atom stereocenters. The minimum Gasteiger partial charge on any atom is -0.382 e. The standard InChI is InChI=1S/C7H11NOS2/c1-8(2)3-7-6(9)4-10-5-11-7/h3H,4-5H2,1-2H3/b7-3-. The highest BCUT2D eigenvalue weighted by Gasteiger charge is 2.15. The highest BCUT2D eigenvalue weighted by atomic mass is 32.2. The molecular weight excluding hydrogens is 178 g/mol. The molecule has 11 heavy (non-hydrogen) atoms. The Balaban J connectivity index is 2.61. The normalized spacial score (nSPS) is 22.4. The Morgan fingerprint density at radius 1 is 1.55 bits per heavy atom. The molecule has 0 saturated carbocycles. The first kappa shape index (κ1) is 9.00. The van der Waals surface area contributed by atoms with Crippen LogP contribution in [0.15, 0.2) is 11.1 Å². The van der Waals surface area contributed by atoms with Crippen molar-refractivity contribution < 1.29 is 4.79 Å². The lowest BCUT2D eigenvalue weighted by molar-refractivity contribution is -0.112. The van der Waals surface area contributed by atoms with E-state index in [1.54, 1.807) is 23.5 Å². The molecule has 0 aromatic heterocycles. The molecule has 1 heterocycles. The number of thioether (sulfide) groups is 2. The van der Waals surface area contributed by atoms with Crippen LogP contribution in [-0.4, -0.2) is 35.6 Å². The zero-order chi connectivity index (χ0) is 8.27. The fourth-order valence-corrected chi connectivity index (χ4v) is 2.86. The van der Waals surface area contributed by atoms with Crippen LogP contribution in [0.4, 0.5) is 0 Å². The quantitative estimate of drug-likeness (QED) is 0.581. The van der Waals surface area contributed by atoms with Crippen molar-refractivity contribution in [1.29, 1.82) is 0 Å². The van der Waals surface area contributed by atoms with Crippen LogP contribution in [-0.2, 0) is 4.79 Å². The smallest absolute Gasteiger partial charge is 0.180 e. The molecule has 0 radical (unpaired) electrons. The molecule has 1 rings (SSSR count). The summed E-state index contributed by atoms with van der Waals surface area (Å²) in [4.78, 5) is 14.0. The van der Waals surface area contributed by atoms with Crippen molar-refractivity contribution >= 4 is 29.3 Å². The first-order chi connectivity index (χ1) is 5.20. The molecule has 0 aromatic rings. The number of ketones is 1. The number of rotatable bonds is 1. The first-order valence-electron chi connectivity index (χ1n) is 3.32. The fourth-order valence-electron chi connectivity index (χ4n) is 0.735. The van der Waals surface area contributed by atoms with Gasteiger partial charge in [-0.3, -0.25) is 4.79 Å². The largest absolute Gasteiger partial charge is 0.382 e. The predicted octanol–water partition coefficient (Wildman–Crippen LogP) is 1.40. The second-order valence-corrected chi connectivity index (χ2v) is 4.86. The molecule has 0 bridgehead atoms. The van der Waals surface area contributed by atoms with E-state index in [1.165, 1.54) is 0 Å². The van der Waals surface area contributed by atoms with E-state index in [0.29, 0.717) is 5.75 Å². The number of carbonyl (C=O) groups excluding carboxylic acids is 1. The Morgan fingerprint density at radius 3 is 2.82 bits per heavy atom. The SMILES string of the molecule is CN(C)/C=C1\SCSCC1=O. The summed E-state index contributed by atoms with van der Waals surface area (Å²) in [7, 11) is 3.87. The molecule has 1 aliphatic rings. The summed E-state index contributed by atoms with van der Waals surface area (Å²) in [6.45, 7) is 0. The highest BCUT2D eigenvalue weighted by Crippen LogP contribution is 2.28. The molecule has 2 nitrogen and oxygen atoms in total. The summed E-state index contributed by atoms with van der Waals surface area (Å²) in [5.41, 5.74) is 0. The summed E-state index contributed by atoms with van der Waals surface area (Å²) in [6.07, 6.45) is 1.90. The predicted molar refractivity (Wildman–Crippen MR) is 51.7 cm³/mol.